The summed E-state index contributed by atoms with van der Waals surface area (Å²) >= 11 is 1.48. The normalized spacial score (nSPS) is 12.0. The van der Waals surface area contributed by atoms with Gasteiger partial charge in [0, 0.05) is 44.3 Å². The van der Waals surface area contributed by atoms with Gasteiger partial charge in [0.1, 0.15) is 49.4 Å². The van der Waals surface area contributed by atoms with Crippen LogP contribution in [0, 0.1) is 0 Å². The smallest absolute Gasteiger partial charge is 0.264 e. The van der Waals surface area contributed by atoms with Gasteiger partial charge in [-0.2, -0.15) is 8.42 Å². The van der Waals surface area contributed by atoms with Crippen molar-refractivity contribution >= 4 is 81.1 Å². The molecule has 2 aliphatic heterocycles. The minimum atomic E-state index is -3.61. The summed E-state index contributed by atoms with van der Waals surface area (Å²) in [6.07, 6.45) is 19.0. The van der Waals surface area contributed by atoms with Crippen molar-refractivity contribution in [1.29, 1.82) is 0 Å². The maximum absolute atomic E-state index is 11.6. The molecule has 2 N–H and O–H groups in total. The Morgan fingerprint density at radius 3 is 1.23 bits per heavy atom. The highest BCUT2D eigenvalue weighted by molar-refractivity contribution is 7.89. The molecule has 20 heteroatoms. The van der Waals surface area contributed by atoms with Crippen LogP contribution in [0.4, 0.5) is 0 Å². The van der Waals surface area contributed by atoms with E-state index in [2.05, 4.69) is 75.2 Å². The fourth-order valence-electron chi connectivity index (χ4n) is 9.64. The van der Waals surface area contributed by atoms with E-state index < -0.39 is 10.1 Å². The predicted molar refractivity (Wildman–Crippen MR) is 329 cm³/mol. The number of nitrogens with zero attached hydrogens (tertiary/aromatic N) is 2. The summed E-state index contributed by atoms with van der Waals surface area (Å²) in [6.45, 7) is 3.91. The fourth-order valence-corrected chi connectivity index (χ4v) is 10.5. The molecule has 0 saturated heterocycles. The molecule has 8 bridgehead atoms. The maximum Gasteiger partial charge on any atom is 0.264 e. The van der Waals surface area contributed by atoms with Crippen LogP contribution < -0.4 is 18.9 Å². The second-order valence-corrected chi connectivity index (χ2v) is 21.9. The molecule has 7 aromatic rings. The van der Waals surface area contributed by atoms with Crippen molar-refractivity contribution in [1.82, 2.24) is 19.9 Å². The highest BCUT2D eigenvalue weighted by Crippen LogP contribution is 2.40. The Hall–Kier alpha value is -6.95. The lowest BCUT2D eigenvalue weighted by Gasteiger charge is -2.10. The van der Waals surface area contributed by atoms with E-state index in [4.69, 9.17) is 50.1 Å². The van der Waals surface area contributed by atoms with Crippen molar-refractivity contribution < 1.29 is 58.4 Å². The van der Waals surface area contributed by atoms with E-state index >= 15 is 0 Å². The molecule has 0 saturated carbocycles. The molecular formula is C63H68N4O13S3. The lowest BCUT2D eigenvalue weighted by molar-refractivity contribution is -0.166. The van der Waals surface area contributed by atoms with Crippen molar-refractivity contribution in [3.63, 3.8) is 0 Å². The summed E-state index contributed by atoms with van der Waals surface area (Å²) in [5.74, 6) is 2.65. The fraction of sp³-hybridized carbons (Fsp3) is 0.302. The third-order valence-corrected chi connectivity index (χ3v) is 14.9. The zero-order chi connectivity index (χ0) is 57.6. The molecular weight excluding hydrogens is 1120 g/mol. The van der Waals surface area contributed by atoms with E-state index in [0.29, 0.717) is 23.9 Å². The average molecular weight is 1190 g/mol. The largest absolute Gasteiger partial charge is 0.494 e. The molecule has 2 aliphatic rings. The number of nitrogens with one attached hydrogen (secondary N) is 2. The van der Waals surface area contributed by atoms with Gasteiger partial charge in [0.25, 0.3) is 10.1 Å². The monoisotopic (exact) mass is 1180 g/mol. The minimum absolute atomic E-state index is 0.0467. The predicted octanol–water partition coefficient (Wildman–Crippen LogP) is 15.3. The molecule has 436 valence electrons. The van der Waals surface area contributed by atoms with E-state index in [1.165, 1.54) is 52.7 Å². The number of H-pyrrole nitrogens is 2. The van der Waals surface area contributed by atoms with Crippen LogP contribution in [0.2, 0.25) is 0 Å². The van der Waals surface area contributed by atoms with Gasteiger partial charge in [-0.15, -0.1) is 8.67 Å². The molecule has 0 fully saturated rings. The molecule has 0 aliphatic carbocycles. The van der Waals surface area contributed by atoms with Crippen molar-refractivity contribution in [3.05, 3.63) is 144 Å². The molecule has 0 spiro atoms. The number of hydrogen-bond donors (Lipinski definition) is 2. The standard InChI is InChI=1S/C63H68N4O13S3/c1-5-6-7-8-9-10-11-12-36-72-48-22-16-44(17-23-48)61-54-30-28-52(64-54)60(46-20-26-50(27-21-46)74-39-42-78-83(4,68)69)53-29-31-55(65-53)62(45-18-24-49(25-19-45)73-37-40-76-81-79-70-2)57-33-35-59(67-57)63(58-34-32-56(61)66-58)47-14-13-15-51(43-47)75-38-41-77-82-80-71-3/h13-35,43,65-66H,5-12,36-42H2,1-4H3. The van der Waals surface area contributed by atoms with E-state index in [0.717, 1.165) is 139 Å². The quantitative estimate of drug-likeness (QED) is 0.0130. The van der Waals surface area contributed by atoms with E-state index in [1.807, 2.05) is 97.1 Å². The third-order valence-electron chi connectivity index (χ3n) is 13.4. The number of benzene rings is 4. The van der Waals surface area contributed by atoms with Gasteiger partial charge in [-0.3, -0.25) is 12.5 Å². The summed E-state index contributed by atoms with van der Waals surface area (Å²) in [5.41, 5.74) is 13.1. The molecule has 0 unspecified atom stereocenters. The first kappa shape index (κ1) is 60.6. The number of ether oxygens (including phenoxy) is 4. The SMILES string of the molecule is CCCCCCCCCCOc1ccc(-c2c3nc(c(-c4ccc(OCCOS(C)(=O)=O)cc4)c4ccc([nH]4)c(-c4ccc(OCCOSOOC)cc4)c4nc(c(-c5cccc(OCCOSOOC)c5)c5ccc2[nH]5)C=C4)C=C3)cc1. The Kier molecular flexibility index (Phi) is 22.7. The van der Waals surface area contributed by atoms with E-state index in [1.54, 1.807) is 0 Å². The van der Waals surface area contributed by atoms with Gasteiger partial charge in [0.15, 0.2) is 24.6 Å². The molecule has 0 atom stereocenters. The maximum atomic E-state index is 11.6. The lowest BCUT2D eigenvalue weighted by atomic mass is 10.0. The molecule has 0 amide bonds. The number of unbranched alkanes of at least 4 members (excludes halogenated alkanes) is 7. The van der Waals surface area contributed by atoms with Crippen LogP contribution in [0.5, 0.6) is 23.0 Å². The number of fused-ring (bicyclic) bond motifs is 8. The molecule has 3 aromatic heterocycles. The number of aromatic nitrogens is 4. The Balaban J connectivity index is 1.19. The van der Waals surface area contributed by atoms with Crippen molar-refractivity contribution in [3.8, 4) is 67.5 Å². The van der Waals surface area contributed by atoms with Gasteiger partial charge < -0.3 is 28.9 Å². The molecule has 9 rings (SSSR count). The van der Waals surface area contributed by atoms with Gasteiger partial charge >= 0.3 is 0 Å². The van der Waals surface area contributed by atoms with Crippen LogP contribution in [0.15, 0.2) is 121 Å². The Labute approximate surface area is 493 Å². The summed E-state index contributed by atoms with van der Waals surface area (Å²) in [5, 5.41) is 0. The van der Waals surface area contributed by atoms with Crippen LogP contribution in [0.1, 0.15) is 81.1 Å². The van der Waals surface area contributed by atoms with Gasteiger partial charge in [0.05, 0.1) is 63.1 Å². The summed E-state index contributed by atoms with van der Waals surface area (Å²) in [4.78, 5) is 27.8. The lowest BCUT2D eigenvalue weighted by Crippen LogP contribution is -2.11. The second-order valence-electron chi connectivity index (χ2n) is 19.2. The average Bonchev–Trinajstić information content (AvgIpc) is 4.52. The summed E-state index contributed by atoms with van der Waals surface area (Å²) in [6, 6.07) is 40.0. The zero-order valence-corrected chi connectivity index (χ0v) is 49.3. The molecule has 4 aromatic carbocycles. The number of aromatic amines is 2. The van der Waals surface area contributed by atoms with Crippen molar-refractivity contribution in [2.24, 2.45) is 0 Å². The minimum Gasteiger partial charge on any atom is -0.494 e. The molecule has 17 nitrogen and oxygen atoms in total. The first-order valence-corrected chi connectivity index (χ1v) is 30.7. The first-order valence-electron chi connectivity index (χ1n) is 27.6. The van der Waals surface area contributed by atoms with Gasteiger partial charge in [-0.05, 0) is 126 Å². The van der Waals surface area contributed by atoms with Crippen LogP contribution >= 0.6 is 24.6 Å². The van der Waals surface area contributed by atoms with Crippen LogP contribution in [-0.4, -0.2) is 95.1 Å². The Morgan fingerprint density at radius 2 is 0.807 bits per heavy atom. The molecule has 5 heterocycles. The highest BCUT2D eigenvalue weighted by atomic mass is 32.2. The second kappa shape index (κ2) is 31.1. The van der Waals surface area contributed by atoms with Crippen molar-refractivity contribution in [2.75, 3.05) is 66.7 Å². The van der Waals surface area contributed by atoms with Crippen LogP contribution in [0.25, 0.3) is 90.9 Å². The van der Waals surface area contributed by atoms with E-state index in [-0.39, 0.29) is 39.6 Å². The van der Waals surface area contributed by atoms with Crippen LogP contribution in [-0.2, 0) is 41.1 Å². The summed E-state index contributed by atoms with van der Waals surface area (Å²) in [7, 11) is -0.800. The van der Waals surface area contributed by atoms with Crippen LogP contribution in [0.3, 0.4) is 0 Å². The summed E-state index contributed by atoms with van der Waals surface area (Å²) < 4.78 is 72.8. The van der Waals surface area contributed by atoms with Gasteiger partial charge in [-0.25, -0.2) is 19.7 Å². The van der Waals surface area contributed by atoms with Crippen molar-refractivity contribution in [2.45, 2.75) is 58.3 Å². The highest BCUT2D eigenvalue weighted by Gasteiger charge is 2.20. The number of rotatable bonds is 33. The third kappa shape index (κ3) is 17.3. The number of hydrogen-bond acceptors (Lipinski definition) is 17. The Bertz CT molecular complexity index is 3570. The topological polar surface area (TPSA) is 193 Å². The van der Waals surface area contributed by atoms with Gasteiger partial charge in [0.2, 0.25) is 0 Å². The van der Waals surface area contributed by atoms with E-state index in [9.17, 15) is 8.42 Å². The zero-order valence-electron chi connectivity index (χ0n) is 46.9. The first-order chi connectivity index (χ1) is 40.7. The van der Waals surface area contributed by atoms with Gasteiger partial charge in [-0.1, -0.05) is 100 Å². The molecule has 0 radical (unpaired) electrons. The Morgan fingerprint density at radius 1 is 0.422 bits per heavy atom. The molecule has 83 heavy (non-hydrogen) atoms.